The zero-order valence-corrected chi connectivity index (χ0v) is 15.0. The Morgan fingerprint density at radius 3 is 2.08 bits per heavy atom. The Bertz CT molecular complexity index is 932. The average Bonchev–Trinajstić information content (AvgIpc) is 2.48. The van der Waals surface area contributed by atoms with Crippen molar-refractivity contribution >= 4 is 56.4 Å². The highest BCUT2D eigenvalue weighted by atomic mass is 35.5. The van der Waals surface area contributed by atoms with Crippen LogP contribution in [0, 0.1) is 0 Å². The summed E-state index contributed by atoms with van der Waals surface area (Å²) in [4.78, 5) is 12.6. The van der Waals surface area contributed by atoms with Crippen molar-refractivity contribution in [1.82, 2.24) is 0 Å². The molecule has 11 heteroatoms. The van der Waals surface area contributed by atoms with Crippen LogP contribution in [-0.4, -0.2) is 19.8 Å². The van der Waals surface area contributed by atoms with E-state index in [0.29, 0.717) is 0 Å². The summed E-state index contributed by atoms with van der Waals surface area (Å²) in [6, 6.07) is 8.01. The zero-order valence-electron chi connectivity index (χ0n) is 11.9. The van der Waals surface area contributed by atoms with Crippen LogP contribution in [0.2, 0.25) is 15.1 Å². The molecule has 0 radical (unpaired) electrons. The number of para-hydroxylation sites is 1. The van der Waals surface area contributed by atoms with Crippen LogP contribution >= 0.6 is 34.8 Å². The molecule has 0 atom stereocenters. The van der Waals surface area contributed by atoms with Gasteiger partial charge in [0.25, 0.3) is 5.91 Å². The third kappa shape index (κ3) is 3.87. The summed E-state index contributed by atoms with van der Waals surface area (Å²) >= 11 is 17.3. The first-order valence-corrected chi connectivity index (χ1v) is 8.89. The van der Waals surface area contributed by atoms with Crippen molar-refractivity contribution in [2.75, 3.05) is 4.31 Å². The zero-order chi connectivity index (χ0) is 19.0. The van der Waals surface area contributed by atoms with E-state index in [1.165, 1.54) is 18.2 Å². The fraction of sp³-hybridized carbons (Fsp3) is 0.0714. The molecule has 0 aliphatic rings. The molecule has 0 unspecified atom stereocenters. The minimum atomic E-state index is -6.08. The SMILES string of the molecule is O=C(c1ccc(Cl)cc1Cl)N(c1ccccc1Cl)S(=O)(=O)C(F)(F)F. The van der Waals surface area contributed by atoms with Crippen molar-refractivity contribution in [2.45, 2.75) is 5.51 Å². The molecule has 2 aromatic carbocycles. The molecule has 134 valence electrons. The second kappa shape index (κ2) is 7.03. The topological polar surface area (TPSA) is 54.5 Å². The Morgan fingerprint density at radius 2 is 1.56 bits per heavy atom. The number of sulfonamides is 1. The van der Waals surface area contributed by atoms with Crippen LogP contribution in [0.4, 0.5) is 18.9 Å². The molecular formula is C14H7Cl3F3NO3S. The molecule has 0 saturated heterocycles. The summed E-state index contributed by atoms with van der Waals surface area (Å²) in [5.74, 6) is -1.52. The predicted molar refractivity (Wildman–Crippen MR) is 89.7 cm³/mol. The van der Waals surface area contributed by atoms with Gasteiger partial charge in [0.15, 0.2) is 0 Å². The van der Waals surface area contributed by atoms with Gasteiger partial charge in [-0.05, 0) is 30.3 Å². The van der Waals surface area contributed by atoms with Crippen LogP contribution in [0.1, 0.15) is 10.4 Å². The fourth-order valence-corrected chi connectivity index (χ4v) is 3.54. The summed E-state index contributed by atoms with van der Waals surface area (Å²) in [6.45, 7) is 0. The van der Waals surface area contributed by atoms with Crippen molar-refractivity contribution in [2.24, 2.45) is 0 Å². The molecule has 0 N–H and O–H groups in total. The quantitative estimate of drug-likeness (QED) is 0.674. The number of benzene rings is 2. The molecule has 0 saturated carbocycles. The molecule has 0 fully saturated rings. The first-order chi connectivity index (χ1) is 11.5. The molecule has 0 aliphatic carbocycles. The lowest BCUT2D eigenvalue weighted by molar-refractivity contribution is -0.0437. The first-order valence-electron chi connectivity index (χ1n) is 6.32. The first kappa shape index (κ1) is 19.8. The number of carbonyl (C=O) groups excluding carboxylic acids is 1. The van der Waals surface area contributed by atoms with E-state index in [4.69, 9.17) is 34.8 Å². The van der Waals surface area contributed by atoms with Crippen LogP contribution in [0.5, 0.6) is 0 Å². The fourth-order valence-electron chi connectivity index (χ4n) is 1.84. The van der Waals surface area contributed by atoms with Gasteiger partial charge in [0, 0.05) is 5.02 Å². The van der Waals surface area contributed by atoms with Crippen molar-refractivity contribution in [3.63, 3.8) is 0 Å². The average molecular weight is 433 g/mol. The Balaban J connectivity index is 2.72. The Hall–Kier alpha value is -1.48. The number of amides is 1. The minimum absolute atomic E-state index is 0.115. The molecule has 0 aliphatic heterocycles. The molecule has 0 heterocycles. The maximum Gasteiger partial charge on any atom is 0.517 e. The molecule has 0 spiro atoms. The number of anilines is 1. The minimum Gasteiger partial charge on any atom is -0.268 e. The van der Waals surface area contributed by atoms with Crippen LogP contribution in [0.25, 0.3) is 0 Å². The monoisotopic (exact) mass is 431 g/mol. The van der Waals surface area contributed by atoms with E-state index >= 15 is 0 Å². The largest absolute Gasteiger partial charge is 0.517 e. The van der Waals surface area contributed by atoms with E-state index in [-0.39, 0.29) is 15.1 Å². The summed E-state index contributed by atoms with van der Waals surface area (Å²) < 4.78 is 62.7. The van der Waals surface area contributed by atoms with Crippen molar-refractivity contribution in [1.29, 1.82) is 0 Å². The predicted octanol–water partition coefficient (Wildman–Crippen LogP) is 5.14. The molecule has 2 aromatic rings. The van der Waals surface area contributed by atoms with Gasteiger partial charge in [-0.25, -0.2) is 0 Å². The maximum atomic E-state index is 13.1. The number of halogens is 6. The van der Waals surface area contributed by atoms with Gasteiger partial charge in [0.1, 0.15) is 0 Å². The van der Waals surface area contributed by atoms with Crippen molar-refractivity contribution in [3.05, 3.63) is 63.1 Å². The van der Waals surface area contributed by atoms with E-state index in [1.807, 2.05) is 0 Å². The highest BCUT2D eigenvalue weighted by Crippen LogP contribution is 2.36. The second-order valence-corrected chi connectivity index (χ2v) is 7.62. The molecule has 2 rings (SSSR count). The molecule has 4 nitrogen and oxygen atoms in total. The summed E-state index contributed by atoms with van der Waals surface area (Å²) in [7, 11) is -6.08. The van der Waals surface area contributed by atoms with E-state index in [2.05, 4.69) is 0 Å². The number of hydrogen-bond donors (Lipinski definition) is 0. The number of alkyl halides is 3. The third-order valence-corrected chi connectivity index (χ3v) is 5.25. The lowest BCUT2D eigenvalue weighted by atomic mass is 10.2. The van der Waals surface area contributed by atoms with Gasteiger partial charge in [0.05, 0.1) is 21.3 Å². The molecule has 0 bridgehead atoms. The molecule has 0 aromatic heterocycles. The van der Waals surface area contributed by atoms with Gasteiger partial charge in [-0.2, -0.15) is 25.9 Å². The summed E-state index contributed by atoms with van der Waals surface area (Å²) in [5, 5.41) is -0.565. The van der Waals surface area contributed by atoms with E-state index in [1.54, 1.807) is 0 Å². The van der Waals surface area contributed by atoms with Crippen molar-refractivity contribution < 1.29 is 26.4 Å². The van der Waals surface area contributed by atoms with E-state index < -0.39 is 37.0 Å². The van der Waals surface area contributed by atoms with E-state index in [0.717, 1.165) is 24.3 Å². The van der Waals surface area contributed by atoms with Crippen LogP contribution in [-0.2, 0) is 10.0 Å². The second-order valence-electron chi connectivity index (χ2n) is 4.60. The smallest absolute Gasteiger partial charge is 0.268 e. The highest BCUT2D eigenvalue weighted by Gasteiger charge is 2.53. The number of rotatable bonds is 3. The van der Waals surface area contributed by atoms with Gasteiger partial charge >= 0.3 is 15.5 Å². The summed E-state index contributed by atoms with van der Waals surface area (Å²) in [6.07, 6.45) is 0. The third-order valence-electron chi connectivity index (χ3n) is 2.95. The van der Waals surface area contributed by atoms with Crippen LogP contribution in [0.15, 0.2) is 42.5 Å². The number of carbonyl (C=O) groups is 1. The molecular weight excluding hydrogens is 426 g/mol. The van der Waals surface area contributed by atoms with Crippen LogP contribution < -0.4 is 4.31 Å². The van der Waals surface area contributed by atoms with Gasteiger partial charge in [-0.3, -0.25) is 4.79 Å². The van der Waals surface area contributed by atoms with Gasteiger partial charge in [-0.15, -0.1) is 0 Å². The number of nitrogens with zero attached hydrogens (tertiary/aromatic N) is 1. The normalized spacial score (nSPS) is 12.1. The van der Waals surface area contributed by atoms with Crippen LogP contribution in [0.3, 0.4) is 0 Å². The van der Waals surface area contributed by atoms with Gasteiger partial charge in [0.2, 0.25) is 0 Å². The molecule has 1 amide bonds. The Morgan fingerprint density at radius 1 is 0.960 bits per heavy atom. The highest BCUT2D eigenvalue weighted by molar-refractivity contribution is 7.94. The Labute approximate surface area is 155 Å². The maximum absolute atomic E-state index is 13.1. The lowest BCUT2D eigenvalue weighted by Gasteiger charge is -2.24. The lowest BCUT2D eigenvalue weighted by Crippen LogP contribution is -2.45. The van der Waals surface area contributed by atoms with Crippen molar-refractivity contribution in [3.8, 4) is 0 Å². The van der Waals surface area contributed by atoms with Gasteiger partial charge in [-0.1, -0.05) is 46.9 Å². The standard InChI is InChI=1S/C14H7Cl3F3NO3S/c15-8-5-6-9(11(17)7-8)13(22)21(25(23,24)14(18,19)20)12-4-2-1-3-10(12)16/h1-7H. The number of hydrogen-bond acceptors (Lipinski definition) is 3. The molecule has 25 heavy (non-hydrogen) atoms. The van der Waals surface area contributed by atoms with E-state index in [9.17, 15) is 26.4 Å². The van der Waals surface area contributed by atoms with Gasteiger partial charge < -0.3 is 0 Å². The Kier molecular flexibility index (Phi) is 5.58. The summed E-state index contributed by atoms with van der Waals surface area (Å²) in [5.41, 5.74) is -6.88.